The van der Waals surface area contributed by atoms with E-state index in [0.29, 0.717) is 30.0 Å². The van der Waals surface area contributed by atoms with E-state index < -0.39 is 17.7 Å². The number of fused-ring (bicyclic) bond motifs is 1. The van der Waals surface area contributed by atoms with Crippen molar-refractivity contribution < 1.29 is 27.8 Å². The van der Waals surface area contributed by atoms with E-state index in [2.05, 4.69) is 48.2 Å². The molecule has 0 saturated carbocycles. The topological polar surface area (TPSA) is 51.2 Å². The molecule has 0 spiro atoms. The summed E-state index contributed by atoms with van der Waals surface area (Å²) >= 11 is 0. The Hall–Kier alpha value is -4.43. The summed E-state index contributed by atoms with van der Waals surface area (Å²) in [6.07, 6.45) is 5.67. The number of para-hydroxylation sites is 2. The Morgan fingerprint density at radius 3 is 2.20 bits per heavy atom. The summed E-state index contributed by atoms with van der Waals surface area (Å²) in [5, 5.41) is 0. The summed E-state index contributed by atoms with van der Waals surface area (Å²) in [5.74, 6) is 0.643. The monoisotopic (exact) mass is 682 g/mol. The molecule has 2 unspecified atom stereocenters. The highest BCUT2D eigenvalue weighted by molar-refractivity contribution is 5.82. The molecular weight excluding hydrogens is 634 g/mol. The SMILES string of the molecule is CCCCCc1ccc(CN(C(=O)C2COc3ccccc3O2)C(Cc2cc(F)cc(F)c2)C2CCN(Cc3ccc(OC)cc3)CC2)cc1. The van der Waals surface area contributed by atoms with Crippen LogP contribution in [-0.4, -0.2) is 54.7 Å². The lowest BCUT2D eigenvalue weighted by molar-refractivity contribution is -0.146. The number of benzene rings is 4. The van der Waals surface area contributed by atoms with Crippen LogP contribution >= 0.6 is 0 Å². The van der Waals surface area contributed by atoms with Crippen molar-refractivity contribution in [3.05, 3.63) is 125 Å². The average Bonchev–Trinajstić information content (AvgIpc) is 3.13. The van der Waals surface area contributed by atoms with Gasteiger partial charge in [0.1, 0.15) is 24.0 Å². The molecule has 0 bridgehead atoms. The summed E-state index contributed by atoms with van der Waals surface area (Å²) in [6.45, 7) is 5.14. The normalized spacial score (nSPS) is 16.9. The first-order valence-corrected chi connectivity index (χ1v) is 18.0. The van der Waals surface area contributed by atoms with Crippen molar-refractivity contribution in [2.45, 2.75) is 77.1 Å². The molecule has 2 atom stereocenters. The summed E-state index contributed by atoms with van der Waals surface area (Å²) in [6, 6.07) is 27.4. The maximum atomic E-state index is 14.7. The standard InChI is InChI=1S/C42H48F2N2O4/c1-3-4-5-8-30-11-13-32(14-12-30)28-46(42(47)41-29-49-39-9-6-7-10-40(39)50-41)38(25-33-23-35(43)26-36(44)24-33)34-19-21-45(22-20-34)27-31-15-17-37(48-2)18-16-31/h6-7,9-18,23-24,26,34,38,41H,3-5,8,19-22,25,27-29H2,1-2H3. The van der Waals surface area contributed by atoms with Crippen molar-refractivity contribution in [2.75, 3.05) is 26.8 Å². The van der Waals surface area contributed by atoms with E-state index in [-0.39, 0.29) is 24.5 Å². The fourth-order valence-corrected chi connectivity index (χ4v) is 7.26. The molecule has 0 N–H and O–H groups in total. The van der Waals surface area contributed by atoms with Gasteiger partial charge in [0, 0.05) is 25.2 Å². The van der Waals surface area contributed by atoms with Crippen molar-refractivity contribution >= 4 is 5.91 Å². The lowest BCUT2D eigenvalue weighted by Gasteiger charge is -2.43. The predicted molar refractivity (Wildman–Crippen MR) is 191 cm³/mol. The number of amides is 1. The van der Waals surface area contributed by atoms with Gasteiger partial charge in [-0.1, -0.05) is 68.3 Å². The minimum Gasteiger partial charge on any atom is -0.497 e. The summed E-state index contributed by atoms with van der Waals surface area (Å²) in [5.41, 5.74) is 4.02. The minimum absolute atomic E-state index is 0.0876. The van der Waals surface area contributed by atoms with Gasteiger partial charge in [0.25, 0.3) is 5.91 Å². The number of hydrogen-bond donors (Lipinski definition) is 0. The zero-order valence-corrected chi connectivity index (χ0v) is 29.2. The van der Waals surface area contributed by atoms with E-state index in [4.69, 9.17) is 14.2 Å². The predicted octanol–water partition coefficient (Wildman–Crippen LogP) is 8.40. The molecule has 6 rings (SSSR count). The Bertz CT molecular complexity index is 1670. The highest BCUT2D eigenvalue weighted by Crippen LogP contribution is 2.34. The number of rotatable bonds is 14. The maximum Gasteiger partial charge on any atom is 0.267 e. The summed E-state index contributed by atoms with van der Waals surface area (Å²) in [4.78, 5) is 19.0. The lowest BCUT2D eigenvalue weighted by atomic mass is 9.84. The molecule has 6 nitrogen and oxygen atoms in total. The van der Waals surface area contributed by atoms with Gasteiger partial charge in [0.05, 0.1) is 7.11 Å². The van der Waals surface area contributed by atoms with Gasteiger partial charge in [-0.2, -0.15) is 0 Å². The molecule has 0 aliphatic carbocycles. The fourth-order valence-electron chi connectivity index (χ4n) is 7.26. The molecule has 2 heterocycles. The van der Waals surface area contributed by atoms with Gasteiger partial charge in [-0.15, -0.1) is 0 Å². The third-order valence-electron chi connectivity index (χ3n) is 10.0. The van der Waals surface area contributed by atoms with Gasteiger partial charge in [-0.3, -0.25) is 9.69 Å². The number of likely N-dealkylation sites (tertiary alicyclic amines) is 1. The number of halogens is 2. The lowest BCUT2D eigenvalue weighted by Crippen LogP contribution is -2.54. The Kier molecular flexibility index (Phi) is 12.0. The molecule has 8 heteroatoms. The van der Waals surface area contributed by atoms with E-state index in [1.54, 1.807) is 7.11 Å². The van der Waals surface area contributed by atoms with Crippen LogP contribution < -0.4 is 14.2 Å². The van der Waals surface area contributed by atoms with Crippen LogP contribution in [0.1, 0.15) is 61.3 Å². The number of nitrogens with zero attached hydrogens (tertiary/aromatic N) is 2. The molecule has 4 aromatic carbocycles. The second-order valence-corrected chi connectivity index (χ2v) is 13.6. The second kappa shape index (κ2) is 17.0. The number of carbonyl (C=O) groups excluding carboxylic acids is 1. The first kappa shape index (κ1) is 35.4. The highest BCUT2D eigenvalue weighted by Gasteiger charge is 2.39. The van der Waals surface area contributed by atoms with Crippen LogP contribution in [0, 0.1) is 17.6 Å². The molecule has 0 radical (unpaired) electrons. The Labute approximate surface area is 295 Å². The van der Waals surface area contributed by atoms with Crippen LogP contribution in [-0.2, 0) is 30.7 Å². The number of methoxy groups -OCH3 is 1. The van der Waals surface area contributed by atoms with Crippen LogP contribution in [0.15, 0.2) is 91.0 Å². The third-order valence-corrected chi connectivity index (χ3v) is 10.0. The largest absolute Gasteiger partial charge is 0.497 e. The molecule has 264 valence electrons. The van der Waals surface area contributed by atoms with Gasteiger partial charge >= 0.3 is 0 Å². The van der Waals surface area contributed by atoms with Crippen molar-refractivity contribution in [3.8, 4) is 17.2 Å². The summed E-state index contributed by atoms with van der Waals surface area (Å²) in [7, 11) is 1.67. The molecular formula is C42H48F2N2O4. The van der Waals surface area contributed by atoms with E-state index in [1.165, 1.54) is 36.1 Å². The van der Waals surface area contributed by atoms with E-state index in [0.717, 1.165) is 62.7 Å². The van der Waals surface area contributed by atoms with Crippen molar-refractivity contribution in [3.63, 3.8) is 0 Å². The maximum absolute atomic E-state index is 14.7. The van der Waals surface area contributed by atoms with Crippen molar-refractivity contribution in [2.24, 2.45) is 5.92 Å². The van der Waals surface area contributed by atoms with E-state index in [1.807, 2.05) is 41.3 Å². The molecule has 0 aromatic heterocycles. The van der Waals surface area contributed by atoms with Crippen LogP contribution in [0.2, 0.25) is 0 Å². The number of piperidine rings is 1. The van der Waals surface area contributed by atoms with Gasteiger partial charge in [0.15, 0.2) is 11.5 Å². The molecule has 2 aliphatic heterocycles. The van der Waals surface area contributed by atoms with Crippen LogP contribution in [0.3, 0.4) is 0 Å². The minimum atomic E-state index is -0.847. The van der Waals surface area contributed by atoms with Crippen LogP contribution in [0.5, 0.6) is 17.2 Å². The quantitative estimate of drug-likeness (QED) is 0.125. The summed E-state index contributed by atoms with van der Waals surface area (Å²) < 4.78 is 46.7. The zero-order valence-electron chi connectivity index (χ0n) is 29.2. The molecule has 4 aromatic rings. The Balaban J connectivity index is 1.27. The number of unbranched alkanes of at least 4 members (excludes halogenated alkanes) is 2. The first-order chi connectivity index (χ1) is 24.4. The van der Waals surface area contributed by atoms with Gasteiger partial charge in [-0.05, 0) is 110 Å². The molecule has 1 fully saturated rings. The molecule has 50 heavy (non-hydrogen) atoms. The average molecular weight is 683 g/mol. The van der Waals surface area contributed by atoms with Crippen LogP contribution in [0.25, 0.3) is 0 Å². The number of aryl methyl sites for hydroxylation is 1. The fraction of sp³-hybridized carbons (Fsp3) is 0.405. The van der Waals surface area contributed by atoms with Crippen molar-refractivity contribution in [1.82, 2.24) is 9.80 Å². The van der Waals surface area contributed by atoms with Crippen molar-refractivity contribution in [1.29, 1.82) is 0 Å². The van der Waals surface area contributed by atoms with Gasteiger partial charge in [-0.25, -0.2) is 8.78 Å². The zero-order chi connectivity index (χ0) is 34.9. The first-order valence-electron chi connectivity index (χ1n) is 18.0. The van der Waals surface area contributed by atoms with Gasteiger partial charge in [0.2, 0.25) is 6.10 Å². The molecule has 1 saturated heterocycles. The smallest absolute Gasteiger partial charge is 0.267 e. The highest BCUT2D eigenvalue weighted by atomic mass is 19.1. The number of ether oxygens (including phenoxy) is 3. The van der Waals surface area contributed by atoms with Crippen LogP contribution in [0.4, 0.5) is 8.78 Å². The molecule has 1 amide bonds. The van der Waals surface area contributed by atoms with E-state index in [9.17, 15) is 13.6 Å². The Morgan fingerprint density at radius 2 is 1.52 bits per heavy atom. The molecule has 2 aliphatic rings. The second-order valence-electron chi connectivity index (χ2n) is 13.6. The van der Waals surface area contributed by atoms with Gasteiger partial charge < -0.3 is 19.1 Å². The Morgan fingerprint density at radius 1 is 0.860 bits per heavy atom. The van der Waals surface area contributed by atoms with E-state index >= 15 is 0 Å². The number of carbonyl (C=O) groups is 1. The number of hydrogen-bond acceptors (Lipinski definition) is 5. The third kappa shape index (κ3) is 9.21.